The molecular weight excluding hydrogens is 531 g/mol. The second-order valence-corrected chi connectivity index (χ2v) is 8.81. The van der Waals surface area contributed by atoms with Gasteiger partial charge in [-0.15, -0.1) is 24.0 Å². The molecule has 8 nitrogen and oxygen atoms in total. The number of likely N-dealkylation sites (tertiary alicyclic amines) is 2. The van der Waals surface area contributed by atoms with E-state index >= 15 is 0 Å². The number of carbonyl (C=O) groups is 2. The number of aliphatic imine (C=N–C) groups is 1. The lowest BCUT2D eigenvalue weighted by Crippen LogP contribution is -2.45. The first kappa shape index (κ1) is 27.4. The highest BCUT2D eigenvalue weighted by molar-refractivity contribution is 14.0. The lowest BCUT2D eigenvalue weighted by molar-refractivity contribution is -0.129. The molecule has 3 rings (SSSR count). The van der Waals surface area contributed by atoms with E-state index in [1.54, 1.807) is 0 Å². The fourth-order valence-corrected chi connectivity index (χ4v) is 4.53. The average Bonchev–Trinajstić information content (AvgIpc) is 3.26. The zero-order valence-electron chi connectivity index (χ0n) is 19.9. The van der Waals surface area contributed by atoms with Crippen LogP contribution in [0.5, 0.6) is 0 Å². The summed E-state index contributed by atoms with van der Waals surface area (Å²) >= 11 is 0. The quantitative estimate of drug-likeness (QED) is 0.252. The van der Waals surface area contributed by atoms with Gasteiger partial charge in [-0.1, -0.05) is 31.2 Å². The minimum absolute atomic E-state index is 0. The molecule has 2 atom stereocenters. The summed E-state index contributed by atoms with van der Waals surface area (Å²) in [6.07, 6.45) is 3.40. The van der Waals surface area contributed by atoms with Gasteiger partial charge in [0.05, 0.1) is 12.5 Å². The molecule has 0 radical (unpaired) electrons. The summed E-state index contributed by atoms with van der Waals surface area (Å²) < 4.78 is 0. The topological polar surface area (TPSA) is 103 Å². The van der Waals surface area contributed by atoms with E-state index in [2.05, 4.69) is 46.7 Å². The Hall–Kier alpha value is -1.88. The number of hydrogen-bond donors (Lipinski definition) is 3. The van der Waals surface area contributed by atoms with Crippen molar-refractivity contribution in [2.24, 2.45) is 16.6 Å². The van der Waals surface area contributed by atoms with E-state index in [1.807, 2.05) is 11.8 Å². The Kier molecular flexibility index (Phi) is 11.4. The van der Waals surface area contributed by atoms with Gasteiger partial charge in [0.1, 0.15) is 0 Å². The number of guanidine groups is 1. The molecule has 0 aliphatic carbocycles. The molecule has 2 amide bonds. The summed E-state index contributed by atoms with van der Waals surface area (Å²) in [5.74, 6) is 0.771. The minimum Gasteiger partial charge on any atom is -0.369 e. The van der Waals surface area contributed by atoms with Crippen molar-refractivity contribution in [2.75, 3.05) is 32.7 Å². The number of benzene rings is 1. The molecule has 4 N–H and O–H groups in total. The highest BCUT2D eigenvalue weighted by atomic mass is 127. The molecule has 0 spiro atoms. The van der Waals surface area contributed by atoms with E-state index in [9.17, 15) is 9.59 Å². The zero-order chi connectivity index (χ0) is 22.9. The van der Waals surface area contributed by atoms with E-state index in [0.717, 1.165) is 70.1 Å². The molecule has 2 fully saturated rings. The van der Waals surface area contributed by atoms with Gasteiger partial charge in [0.25, 0.3) is 0 Å². The summed E-state index contributed by atoms with van der Waals surface area (Å²) in [6, 6.07) is 8.71. The van der Waals surface area contributed by atoms with Crippen molar-refractivity contribution >= 4 is 41.8 Å². The van der Waals surface area contributed by atoms with Gasteiger partial charge >= 0.3 is 0 Å². The van der Waals surface area contributed by atoms with Crippen molar-refractivity contribution in [3.05, 3.63) is 35.4 Å². The third kappa shape index (κ3) is 8.44. The smallest absolute Gasteiger partial charge is 0.222 e. The van der Waals surface area contributed by atoms with E-state index < -0.39 is 0 Å². The fourth-order valence-electron chi connectivity index (χ4n) is 4.53. The van der Waals surface area contributed by atoms with Crippen LogP contribution < -0.4 is 16.4 Å². The fraction of sp³-hybridized carbons (Fsp3) is 0.625. The number of primary amides is 1. The highest BCUT2D eigenvalue weighted by Crippen LogP contribution is 2.19. The summed E-state index contributed by atoms with van der Waals surface area (Å²) in [5, 5.41) is 6.80. The maximum absolute atomic E-state index is 11.9. The Morgan fingerprint density at radius 3 is 2.67 bits per heavy atom. The largest absolute Gasteiger partial charge is 0.369 e. The molecule has 2 heterocycles. The second kappa shape index (κ2) is 13.7. The van der Waals surface area contributed by atoms with Crippen LogP contribution in [0.15, 0.2) is 29.3 Å². The predicted octanol–water partition coefficient (Wildman–Crippen LogP) is 2.07. The molecule has 0 saturated carbocycles. The Balaban J connectivity index is 0.00000385. The SMILES string of the molecule is CCNC(=NCc1cccc(CN2CCCC(C(N)=O)C2)c1)NC1CCN(C(=O)CC)C1.I. The molecule has 0 bridgehead atoms. The molecule has 1 aromatic carbocycles. The van der Waals surface area contributed by atoms with Gasteiger partial charge in [-0.05, 0) is 43.9 Å². The number of piperidine rings is 1. The molecule has 1 aromatic rings. The zero-order valence-corrected chi connectivity index (χ0v) is 22.2. The molecular formula is C24H39IN6O2. The van der Waals surface area contributed by atoms with Gasteiger partial charge in [-0.25, -0.2) is 4.99 Å². The Labute approximate surface area is 214 Å². The van der Waals surface area contributed by atoms with Gasteiger partial charge in [0.15, 0.2) is 5.96 Å². The maximum Gasteiger partial charge on any atom is 0.222 e. The number of nitrogens with one attached hydrogen (secondary N) is 2. The first-order valence-corrected chi connectivity index (χ1v) is 11.9. The summed E-state index contributed by atoms with van der Waals surface area (Å²) in [5.41, 5.74) is 7.89. The van der Waals surface area contributed by atoms with Crippen molar-refractivity contribution in [3.8, 4) is 0 Å². The van der Waals surface area contributed by atoms with Crippen molar-refractivity contribution < 1.29 is 9.59 Å². The molecule has 2 aliphatic heterocycles. The molecule has 184 valence electrons. The van der Waals surface area contributed by atoms with Gasteiger partial charge in [0.2, 0.25) is 11.8 Å². The summed E-state index contributed by atoms with van der Waals surface area (Å²) in [6.45, 7) is 9.42. The van der Waals surface area contributed by atoms with Gasteiger partial charge in [0, 0.05) is 45.2 Å². The maximum atomic E-state index is 11.9. The second-order valence-electron chi connectivity index (χ2n) is 8.81. The van der Waals surface area contributed by atoms with Crippen LogP contribution >= 0.6 is 24.0 Å². The molecule has 2 unspecified atom stereocenters. The monoisotopic (exact) mass is 570 g/mol. The van der Waals surface area contributed by atoms with Gasteiger partial charge in [-0.2, -0.15) is 0 Å². The molecule has 0 aromatic heterocycles. The first-order chi connectivity index (χ1) is 15.5. The van der Waals surface area contributed by atoms with E-state index in [-0.39, 0.29) is 47.8 Å². The van der Waals surface area contributed by atoms with Crippen LogP contribution in [0.2, 0.25) is 0 Å². The van der Waals surface area contributed by atoms with E-state index in [1.165, 1.54) is 5.56 Å². The van der Waals surface area contributed by atoms with Gasteiger partial charge < -0.3 is 21.3 Å². The molecule has 2 saturated heterocycles. The first-order valence-electron chi connectivity index (χ1n) is 11.9. The lowest BCUT2D eigenvalue weighted by atomic mass is 9.97. The van der Waals surface area contributed by atoms with Crippen molar-refractivity contribution in [2.45, 2.75) is 58.7 Å². The number of amides is 2. The average molecular weight is 571 g/mol. The number of rotatable bonds is 8. The number of halogens is 1. The standard InChI is InChI=1S/C24H38N6O2.HI/c1-3-22(31)30-12-10-21(17-30)28-24(26-4-2)27-14-18-7-5-8-19(13-18)15-29-11-6-9-20(16-29)23(25)32;/h5,7-8,13,20-21H,3-4,6,9-12,14-17H2,1-2H3,(H2,25,32)(H2,26,27,28);1H. The molecule has 2 aliphatic rings. The number of nitrogens with zero attached hydrogens (tertiary/aromatic N) is 3. The molecule has 9 heteroatoms. The van der Waals surface area contributed by atoms with Gasteiger partial charge in [-0.3, -0.25) is 14.5 Å². The highest BCUT2D eigenvalue weighted by Gasteiger charge is 2.26. The van der Waals surface area contributed by atoms with Crippen molar-refractivity contribution in [3.63, 3.8) is 0 Å². The van der Waals surface area contributed by atoms with Crippen LogP contribution in [0, 0.1) is 5.92 Å². The Morgan fingerprint density at radius 1 is 1.15 bits per heavy atom. The third-order valence-electron chi connectivity index (χ3n) is 6.25. The van der Waals surface area contributed by atoms with Crippen LogP contribution in [0.1, 0.15) is 50.7 Å². The van der Waals surface area contributed by atoms with E-state index in [0.29, 0.717) is 13.0 Å². The number of carbonyl (C=O) groups excluding carboxylic acids is 2. The summed E-state index contributed by atoms with van der Waals surface area (Å²) in [7, 11) is 0. The van der Waals surface area contributed by atoms with Crippen LogP contribution in [0.25, 0.3) is 0 Å². The van der Waals surface area contributed by atoms with Crippen molar-refractivity contribution in [1.29, 1.82) is 0 Å². The van der Waals surface area contributed by atoms with E-state index in [4.69, 9.17) is 10.7 Å². The predicted molar refractivity (Wildman–Crippen MR) is 142 cm³/mol. The van der Waals surface area contributed by atoms with Crippen LogP contribution in [0.4, 0.5) is 0 Å². The number of hydrogen-bond acceptors (Lipinski definition) is 4. The van der Waals surface area contributed by atoms with Crippen molar-refractivity contribution in [1.82, 2.24) is 20.4 Å². The number of nitrogens with two attached hydrogens (primary N) is 1. The molecule has 33 heavy (non-hydrogen) atoms. The van der Waals surface area contributed by atoms with Crippen LogP contribution in [0.3, 0.4) is 0 Å². The Bertz CT molecular complexity index is 818. The van der Waals surface area contributed by atoms with Crippen LogP contribution in [-0.2, 0) is 22.7 Å². The van der Waals surface area contributed by atoms with Crippen LogP contribution in [-0.4, -0.2) is 66.3 Å². The minimum atomic E-state index is -0.189. The summed E-state index contributed by atoms with van der Waals surface area (Å²) in [4.78, 5) is 32.5. The lowest BCUT2D eigenvalue weighted by Gasteiger charge is -2.31. The normalized spacial score (nSPS) is 21.4. The third-order valence-corrected chi connectivity index (χ3v) is 6.25. The Morgan fingerprint density at radius 2 is 1.94 bits per heavy atom.